The Labute approximate surface area is 83.3 Å². The summed E-state index contributed by atoms with van der Waals surface area (Å²) in [5.41, 5.74) is 1.75. The van der Waals surface area contributed by atoms with Crippen molar-refractivity contribution >= 4 is 11.5 Å². The largest absolute Gasteiger partial charge is 0.371 e. The van der Waals surface area contributed by atoms with Crippen molar-refractivity contribution in [3.05, 3.63) is 29.8 Å². The van der Waals surface area contributed by atoms with Crippen LogP contribution in [0.3, 0.4) is 0 Å². The van der Waals surface area contributed by atoms with Crippen LogP contribution in [0.1, 0.15) is 10.4 Å². The lowest BCUT2D eigenvalue weighted by molar-refractivity contribution is 0.0612. The average Bonchev–Trinajstić information content (AvgIpc) is 2.23. The zero-order chi connectivity index (χ0) is 10.1. The second kappa shape index (κ2) is 3.42. The van der Waals surface area contributed by atoms with E-state index in [1.165, 1.54) is 0 Å². The van der Waals surface area contributed by atoms with Crippen molar-refractivity contribution in [1.29, 1.82) is 0 Å². The molecule has 0 bridgehead atoms. The Morgan fingerprint density at radius 3 is 2.86 bits per heavy atom. The third kappa shape index (κ3) is 1.30. The summed E-state index contributed by atoms with van der Waals surface area (Å²) in [4.78, 5) is 13.9. The van der Waals surface area contributed by atoms with Crippen LogP contribution in [0, 0.1) is 0 Å². The van der Waals surface area contributed by atoms with Crippen molar-refractivity contribution in [1.82, 2.24) is 0 Å². The molecule has 0 spiro atoms. The van der Waals surface area contributed by atoms with E-state index < -0.39 is 0 Å². The van der Waals surface area contributed by atoms with Gasteiger partial charge >= 0.3 is 0 Å². The summed E-state index contributed by atoms with van der Waals surface area (Å²) in [6.07, 6.45) is -0.324. The number of benzene rings is 1. The third-order valence-corrected chi connectivity index (χ3v) is 2.60. The van der Waals surface area contributed by atoms with Crippen molar-refractivity contribution in [3.63, 3.8) is 0 Å². The lowest BCUT2D eigenvalue weighted by Gasteiger charge is -2.31. The lowest BCUT2D eigenvalue weighted by Crippen LogP contribution is -2.41. The standard InChI is InChI=1S/C11H13NO2/c1-12-7-10(14-2)11(13)8-5-3-4-6-9(8)12/h3-6,10H,7H2,1-2H3. The number of hydrogen-bond donors (Lipinski definition) is 0. The highest BCUT2D eigenvalue weighted by Crippen LogP contribution is 2.26. The quantitative estimate of drug-likeness (QED) is 0.670. The van der Waals surface area contributed by atoms with E-state index in [9.17, 15) is 4.79 Å². The minimum Gasteiger partial charge on any atom is -0.371 e. The fraction of sp³-hybridized carbons (Fsp3) is 0.364. The van der Waals surface area contributed by atoms with Gasteiger partial charge in [0.15, 0.2) is 5.78 Å². The van der Waals surface area contributed by atoms with Gasteiger partial charge in [0.05, 0.1) is 6.54 Å². The van der Waals surface area contributed by atoms with Crippen LogP contribution in [0.2, 0.25) is 0 Å². The number of carbonyl (C=O) groups excluding carboxylic acids is 1. The van der Waals surface area contributed by atoms with Crippen molar-refractivity contribution in [2.45, 2.75) is 6.10 Å². The van der Waals surface area contributed by atoms with Gasteiger partial charge in [0.2, 0.25) is 0 Å². The van der Waals surface area contributed by atoms with Gasteiger partial charge in [-0.2, -0.15) is 0 Å². The minimum atomic E-state index is -0.324. The Kier molecular flexibility index (Phi) is 2.25. The molecule has 14 heavy (non-hydrogen) atoms. The number of fused-ring (bicyclic) bond motifs is 1. The highest BCUT2D eigenvalue weighted by Gasteiger charge is 2.29. The van der Waals surface area contributed by atoms with Gasteiger partial charge in [-0.1, -0.05) is 12.1 Å². The van der Waals surface area contributed by atoms with Gasteiger partial charge in [-0.25, -0.2) is 0 Å². The molecule has 2 rings (SSSR count). The van der Waals surface area contributed by atoms with Crippen LogP contribution in [0.5, 0.6) is 0 Å². The van der Waals surface area contributed by atoms with Gasteiger partial charge in [-0.05, 0) is 12.1 Å². The maximum absolute atomic E-state index is 11.8. The van der Waals surface area contributed by atoms with E-state index in [2.05, 4.69) is 0 Å². The molecule has 1 aromatic rings. The first kappa shape index (κ1) is 9.21. The number of Topliss-reactive ketones (excluding diaryl/α,β-unsaturated/α-hetero) is 1. The van der Waals surface area contributed by atoms with E-state index in [4.69, 9.17) is 4.74 Å². The number of carbonyl (C=O) groups is 1. The fourth-order valence-corrected chi connectivity index (χ4v) is 1.80. The predicted octanol–water partition coefficient (Wildman–Crippen LogP) is 1.33. The number of rotatable bonds is 1. The summed E-state index contributed by atoms with van der Waals surface area (Å²) >= 11 is 0. The van der Waals surface area contributed by atoms with E-state index in [1.807, 2.05) is 36.2 Å². The summed E-state index contributed by atoms with van der Waals surface area (Å²) < 4.78 is 5.14. The molecule has 3 heteroatoms. The molecule has 0 N–H and O–H groups in total. The monoisotopic (exact) mass is 191 g/mol. The molecule has 0 aliphatic carbocycles. The summed E-state index contributed by atoms with van der Waals surface area (Å²) in [6, 6.07) is 7.62. The highest BCUT2D eigenvalue weighted by atomic mass is 16.5. The van der Waals surface area contributed by atoms with Crippen molar-refractivity contribution in [2.75, 3.05) is 25.6 Å². The second-order valence-electron chi connectivity index (χ2n) is 3.49. The lowest BCUT2D eigenvalue weighted by atomic mass is 9.99. The number of nitrogens with zero attached hydrogens (tertiary/aromatic N) is 1. The molecule has 0 radical (unpaired) electrons. The number of ether oxygens (including phenoxy) is 1. The molecular weight excluding hydrogens is 178 g/mol. The van der Waals surface area contributed by atoms with E-state index in [0.29, 0.717) is 6.54 Å². The first-order valence-corrected chi connectivity index (χ1v) is 4.61. The van der Waals surface area contributed by atoms with Crippen LogP contribution in [-0.2, 0) is 4.74 Å². The van der Waals surface area contributed by atoms with Gasteiger partial charge in [-0.15, -0.1) is 0 Å². The average molecular weight is 191 g/mol. The first-order chi connectivity index (χ1) is 6.74. The number of para-hydroxylation sites is 1. The molecule has 1 aliphatic rings. The summed E-state index contributed by atoms with van der Waals surface area (Å²) in [5, 5.41) is 0. The minimum absolute atomic E-state index is 0.0844. The smallest absolute Gasteiger partial charge is 0.195 e. The second-order valence-corrected chi connectivity index (χ2v) is 3.49. The Balaban J connectivity index is 2.46. The molecule has 0 fully saturated rings. The van der Waals surface area contributed by atoms with Gasteiger partial charge in [-0.3, -0.25) is 4.79 Å². The maximum atomic E-state index is 11.8. The molecule has 0 aromatic heterocycles. The predicted molar refractivity (Wildman–Crippen MR) is 54.8 cm³/mol. The van der Waals surface area contributed by atoms with Crippen molar-refractivity contribution in [3.8, 4) is 0 Å². The summed E-state index contributed by atoms with van der Waals surface area (Å²) in [5.74, 6) is 0.0844. The number of methoxy groups -OCH3 is 1. The normalized spacial score (nSPS) is 20.9. The van der Waals surface area contributed by atoms with Gasteiger partial charge in [0, 0.05) is 25.4 Å². The van der Waals surface area contributed by atoms with E-state index in [1.54, 1.807) is 7.11 Å². The van der Waals surface area contributed by atoms with E-state index in [0.717, 1.165) is 11.3 Å². The van der Waals surface area contributed by atoms with Crippen LogP contribution < -0.4 is 4.90 Å². The molecule has 1 aromatic carbocycles. The van der Waals surface area contributed by atoms with Crippen LogP contribution in [0.25, 0.3) is 0 Å². The summed E-state index contributed by atoms with van der Waals surface area (Å²) in [7, 11) is 3.54. The number of likely N-dealkylation sites (N-methyl/N-ethyl adjacent to an activating group) is 1. The zero-order valence-electron chi connectivity index (χ0n) is 8.36. The Morgan fingerprint density at radius 1 is 1.43 bits per heavy atom. The van der Waals surface area contributed by atoms with Crippen LogP contribution in [-0.4, -0.2) is 32.6 Å². The van der Waals surface area contributed by atoms with E-state index >= 15 is 0 Å². The number of hydrogen-bond acceptors (Lipinski definition) is 3. The Morgan fingerprint density at radius 2 is 2.14 bits per heavy atom. The number of ketones is 1. The SMILES string of the molecule is COC1CN(C)c2ccccc2C1=O. The van der Waals surface area contributed by atoms with Gasteiger partial charge in [0.1, 0.15) is 6.10 Å². The fourth-order valence-electron chi connectivity index (χ4n) is 1.80. The highest BCUT2D eigenvalue weighted by molar-refractivity contribution is 6.06. The van der Waals surface area contributed by atoms with Crippen LogP contribution in [0.4, 0.5) is 5.69 Å². The maximum Gasteiger partial charge on any atom is 0.195 e. The van der Waals surface area contributed by atoms with Gasteiger partial charge < -0.3 is 9.64 Å². The molecule has 1 atom stereocenters. The Hall–Kier alpha value is -1.35. The molecule has 0 saturated carbocycles. The van der Waals surface area contributed by atoms with Gasteiger partial charge in [0.25, 0.3) is 0 Å². The molecule has 1 aliphatic heterocycles. The first-order valence-electron chi connectivity index (χ1n) is 4.61. The topological polar surface area (TPSA) is 29.5 Å². The Bertz CT molecular complexity index is 362. The molecule has 3 nitrogen and oxygen atoms in total. The zero-order valence-corrected chi connectivity index (χ0v) is 8.36. The molecule has 74 valence electrons. The van der Waals surface area contributed by atoms with E-state index in [-0.39, 0.29) is 11.9 Å². The molecule has 0 amide bonds. The van der Waals surface area contributed by atoms with Crippen molar-refractivity contribution in [2.24, 2.45) is 0 Å². The number of anilines is 1. The summed E-state index contributed by atoms with van der Waals surface area (Å²) in [6.45, 7) is 0.631. The molecule has 0 saturated heterocycles. The molecule has 1 unspecified atom stereocenters. The molecular formula is C11H13NO2. The van der Waals surface area contributed by atoms with Crippen LogP contribution in [0.15, 0.2) is 24.3 Å². The van der Waals surface area contributed by atoms with Crippen molar-refractivity contribution < 1.29 is 9.53 Å². The van der Waals surface area contributed by atoms with Crippen LogP contribution >= 0.6 is 0 Å². The molecule has 1 heterocycles. The third-order valence-electron chi connectivity index (χ3n) is 2.60.